The van der Waals surface area contributed by atoms with E-state index >= 15 is 0 Å². The Hall–Kier alpha value is -2.15. The van der Waals surface area contributed by atoms with Crippen LogP contribution in [0.3, 0.4) is 0 Å². The summed E-state index contributed by atoms with van der Waals surface area (Å²) in [6.07, 6.45) is 14.8. The standard InChI is InChI=1S/C24H42N4O3/c1-7-8-9-10-11-12-13-14-15-16-24(2,3)28-26-25-19-27(28)23-21(30-5)17-20(29-4)18-22(23)31-6/h17-19,26H,7-16H2,1-6H3. The van der Waals surface area contributed by atoms with E-state index in [0.29, 0.717) is 17.2 Å². The minimum Gasteiger partial charge on any atom is -0.496 e. The summed E-state index contributed by atoms with van der Waals surface area (Å²) in [7, 11) is 4.93. The van der Waals surface area contributed by atoms with Gasteiger partial charge in [0, 0.05) is 12.1 Å². The lowest BCUT2D eigenvalue weighted by atomic mass is 9.96. The molecule has 31 heavy (non-hydrogen) atoms. The Labute approximate surface area is 188 Å². The first kappa shape index (κ1) is 25.1. The minimum absolute atomic E-state index is 0.145. The van der Waals surface area contributed by atoms with Crippen molar-refractivity contribution in [2.24, 2.45) is 5.10 Å². The number of hydrogen-bond donors (Lipinski definition) is 1. The van der Waals surface area contributed by atoms with Gasteiger partial charge in [-0.1, -0.05) is 64.7 Å². The normalized spacial score (nSPS) is 14.1. The highest BCUT2D eigenvalue weighted by Gasteiger charge is 2.36. The van der Waals surface area contributed by atoms with Crippen molar-refractivity contribution >= 4 is 12.0 Å². The first-order valence-corrected chi connectivity index (χ1v) is 11.7. The fourth-order valence-electron chi connectivity index (χ4n) is 4.01. The highest BCUT2D eigenvalue weighted by molar-refractivity contribution is 5.86. The molecule has 0 spiro atoms. The number of rotatable bonds is 15. The lowest BCUT2D eigenvalue weighted by molar-refractivity contribution is 0.0687. The summed E-state index contributed by atoms with van der Waals surface area (Å²) in [5, 5.41) is 8.32. The number of methoxy groups -OCH3 is 3. The number of unbranched alkanes of at least 4 members (excludes halogenated alkanes) is 8. The van der Waals surface area contributed by atoms with Crippen LogP contribution >= 0.6 is 0 Å². The molecule has 0 saturated heterocycles. The second-order valence-corrected chi connectivity index (χ2v) is 8.77. The Balaban J connectivity index is 1.97. The van der Waals surface area contributed by atoms with Gasteiger partial charge in [-0.2, -0.15) is 5.10 Å². The quantitative estimate of drug-likeness (QED) is 0.347. The van der Waals surface area contributed by atoms with Crippen molar-refractivity contribution in [3.05, 3.63) is 12.1 Å². The summed E-state index contributed by atoms with van der Waals surface area (Å²) >= 11 is 0. The molecule has 1 heterocycles. The monoisotopic (exact) mass is 434 g/mol. The van der Waals surface area contributed by atoms with Gasteiger partial charge in [-0.05, 0) is 20.3 Å². The number of ether oxygens (including phenoxy) is 3. The van der Waals surface area contributed by atoms with Gasteiger partial charge < -0.3 is 14.2 Å². The maximum Gasteiger partial charge on any atom is 0.151 e. The van der Waals surface area contributed by atoms with Crippen LogP contribution in [0.2, 0.25) is 0 Å². The topological polar surface area (TPSA) is 58.6 Å². The molecule has 0 aliphatic carbocycles. The van der Waals surface area contributed by atoms with Gasteiger partial charge >= 0.3 is 0 Å². The summed E-state index contributed by atoms with van der Waals surface area (Å²) in [5.74, 6) is 2.01. The highest BCUT2D eigenvalue weighted by Crippen LogP contribution is 2.43. The molecule has 1 N–H and O–H groups in total. The van der Waals surface area contributed by atoms with Crippen molar-refractivity contribution in [1.82, 2.24) is 10.7 Å². The number of hydrazone groups is 1. The van der Waals surface area contributed by atoms with Crippen LogP contribution in [0.4, 0.5) is 5.69 Å². The van der Waals surface area contributed by atoms with E-state index in [4.69, 9.17) is 14.2 Å². The summed E-state index contributed by atoms with van der Waals surface area (Å²) in [6, 6.07) is 3.71. The molecular formula is C24H42N4O3. The molecular weight excluding hydrogens is 392 g/mol. The van der Waals surface area contributed by atoms with Gasteiger partial charge in [0.05, 0.1) is 26.9 Å². The third-order valence-electron chi connectivity index (χ3n) is 5.92. The van der Waals surface area contributed by atoms with Crippen molar-refractivity contribution in [2.45, 2.75) is 90.5 Å². The summed E-state index contributed by atoms with van der Waals surface area (Å²) in [6.45, 7) is 6.73. The van der Waals surface area contributed by atoms with Crippen LogP contribution in [0.5, 0.6) is 17.2 Å². The number of nitrogens with one attached hydrogen (secondary N) is 1. The van der Waals surface area contributed by atoms with E-state index in [1.54, 1.807) is 27.7 Å². The maximum atomic E-state index is 5.65. The molecule has 0 fully saturated rings. The molecule has 2 rings (SSSR count). The molecule has 0 amide bonds. The van der Waals surface area contributed by atoms with Crippen molar-refractivity contribution in [2.75, 3.05) is 26.3 Å². The average molecular weight is 435 g/mol. The SMILES string of the molecule is CCCCCCCCCCCC(C)(C)N1NN=CN1c1c(OC)cc(OC)cc1OC. The molecule has 1 aliphatic rings. The average Bonchev–Trinajstić information content (AvgIpc) is 3.27. The van der Waals surface area contributed by atoms with E-state index in [1.807, 2.05) is 22.3 Å². The second-order valence-electron chi connectivity index (χ2n) is 8.77. The van der Waals surface area contributed by atoms with E-state index in [2.05, 4.69) is 31.4 Å². The predicted octanol–water partition coefficient (Wildman–Crippen LogP) is 5.90. The number of hydrogen-bond acceptors (Lipinski definition) is 7. The van der Waals surface area contributed by atoms with E-state index in [-0.39, 0.29) is 5.54 Å². The first-order valence-electron chi connectivity index (χ1n) is 11.7. The van der Waals surface area contributed by atoms with Crippen LogP contribution in [0.1, 0.15) is 85.0 Å². The Morgan fingerprint density at radius 3 is 1.90 bits per heavy atom. The Morgan fingerprint density at radius 1 is 0.839 bits per heavy atom. The van der Waals surface area contributed by atoms with E-state index in [1.165, 1.54) is 57.8 Å². The van der Waals surface area contributed by atoms with Crippen LogP contribution in [0, 0.1) is 0 Å². The zero-order valence-corrected chi connectivity index (χ0v) is 20.4. The molecule has 1 aliphatic heterocycles. The van der Waals surface area contributed by atoms with E-state index in [9.17, 15) is 0 Å². The molecule has 7 heteroatoms. The Kier molecular flexibility index (Phi) is 10.2. The molecule has 1 aromatic carbocycles. The molecule has 0 bridgehead atoms. The first-order chi connectivity index (χ1) is 15.0. The van der Waals surface area contributed by atoms with Gasteiger partial charge in [-0.15, -0.1) is 5.12 Å². The summed E-state index contributed by atoms with van der Waals surface area (Å²) in [4.78, 5) is 0. The Morgan fingerprint density at radius 2 is 1.39 bits per heavy atom. The summed E-state index contributed by atoms with van der Waals surface area (Å²) in [5.41, 5.74) is 3.79. The Bertz CT molecular complexity index is 668. The second kappa shape index (κ2) is 12.6. The van der Waals surface area contributed by atoms with Crippen LogP contribution < -0.4 is 24.8 Å². The fourth-order valence-corrected chi connectivity index (χ4v) is 4.01. The van der Waals surface area contributed by atoms with Crippen LogP contribution in [0.25, 0.3) is 0 Å². The van der Waals surface area contributed by atoms with Gasteiger partial charge in [-0.25, -0.2) is 10.5 Å². The van der Waals surface area contributed by atoms with Gasteiger partial charge in [-0.3, -0.25) is 0 Å². The smallest absolute Gasteiger partial charge is 0.151 e. The molecule has 1 aromatic rings. The van der Waals surface area contributed by atoms with Crippen molar-refractivity contribution < 1.29 is 14.2 Å². The number of anilines is 1. The van der Waals surface area contributed by atoms with E-state index < -0.39 is 0 Å². The number of nitrogens with zero attached hydrogens (tertiary/aromatic N) is 3. The van der Waals surface area contributed by atoms with Gasteiger partial charge in [0.2, 0.25) is 0 Å². The van der Waals surface area contributed by atoms with Gasteiger partial charge in [0.15, 0.2) is 11.5 Å². The molecule has 0 atom stereocenters. The molecule has 0 aromatic heterocycles. The maximum absolute atomic E-state index is 5.65. The lowest BCUT2D eigenvalue weighted by Crippen LogP contribution is -2.56. The molecule has 0 saturated carbocycles. The molecule has 0 unspecified atom stereocenters. The number of hydrazine groups is 2. The molecule has 0 radical (unpaired) electrons. The van der Waals surface area contributed by atoms with Gasteiger partial charge in [0.1, 0.15) is 17.8 Å². The number of benzene rings is 1. The zero-order valence-electron chi connectivity index (χ0n) is 20.4. The minimum atomic E-state index is -0.145. The van der Waals surface area contributed by atoms with Gasteiger partial charge in [0.25, 0.3) is 0 Å². The van der Waals surface area contributed by atoms with Crippen LogP contribution in [-0.4, -0.2) is 38.3 Å². The predicted molar refractivity (Wildman–Crippen MR) is 128 cm³/mol. The highest BCUT2D eigenvalue weighted by atomic mass is 16.5. The molecule has 176 valence electrons. The van der Waals surface area contributed by atoms with Crippen molar-refractivity contribution in [1.29, 1.82) is 0 Å². The summed E-state index contributed by atoms with van der Waals surface area (Å²) < 4.78 is 16.7. The van der Waals surface area contributed by atoms with Crippen LogP contribution in [-0.2, 0) is 0 Å². The fraction of sp³-hybridized carbons (Fsp3) is 0.708. The zero-order chi connectivity index (χ0) is 22.7. The lowest BCUT2D eigenvalue weighted by Gasteiger charge is -2.40. The van der Waals surface area contributed by atoms with E-state index in [0.717, 1.165) is 12.1 Å². The van der Waals surface area contributed by atoms with Crippen molar-refractivity contribution in [3.8, 4) is 17.2 Å². The molecule has 7 nitrogen and oxygen atoms in total. The van der Waals surface area contributed by atoms with Crippen molar-refractivity contribution in [3.63, 3.8) is 0 Å². The largest absolute Gasteiger partial charge is 0.496 e. The third kappa shape index (κ3) is 6.92. The third-order valence-corrected chi connectivity index (χ3v) is 5.92. The van der Waals surface area contributed by atoms with Crippen LogP contribution in [0.15, 0.2) is 17.2 Å².